The summed E-state index contributed by atoms with van der Waals surface area (Å²) in [6.45, 7) is 4.47. The summed E-state index contributed by atoms with van der Waals surface area (Å²) in [7, 11) is 0. The molecule has 0 bridgehead atoms. The van der Waals surface area contributed by atoms with Gasteiger partial charge in [-0.3, -0.25) is 0 Å². The highest BCUT2D eigenvalue weighted by Gasteiger charge is 2.21. The Balaban J connectivity index is 2.12. The van der Waals surface area contributed by atoms with E-state index in [0.717, 1.165) is 5.69 Å². The summed E-state index contributed by atoms with van der Waals surface area (Å²) >= 11 is 0. The molecular weight excluding hydrogens is 184 g/mol. The van der Waals surface area contributed by atoms with Crippen LogP contribution in [0.1, 0.15) is 38.7 Å². The van der Waals surface area contributed by atoms with Crippen LogP contribution in [0.15, 0.2) is 29.4 Å². The first-order chi connectivity index (χ1) is 7.33. The highest BCUT2D eigenvalue weighted by atomic mass is 15.3. The maximum absolute atomic E-state index is 4.30. The average molecular weight is 201 g/mol. The Hall–Kier alpha value is -1.31. The third kappa shape index (κ3) is 2.04. The van der Waals surface area contributed by atoms with E-state index in [9.17, 15) is 0 Å². The van der Waals surface area contributed by atoms with Crippen molar-refractivity contribution in [3.05, 3.63) is 29.8 Å². The molecule has 1 heterocycles. The first-order valence-electron chi connectivity index (χ1n) is 5.71. The van der Waals surface area contributed by atoms with Gasteiger partial charge in [0.15, 0.2) is 0 Å². The van der Waals surface area contributed by atoms with Gasteiger partial charge in [-0.05, 0) is 12.5 Å². The van der Waals surface area contributed by atoms with Gasteiger partial charge in [0.2, 0.25) is 0 Å². The summed E-state index contributed by atoms with van der Waals surface area (Å²) in [5, 5.41) is 4.30. The molecule has 0 saturated carbocycles. The smallest absolute Gasteiger partial charge is 0.0948 e. The first kappa shape index (κ1) is 10.2. The van der Waals surface area contributed by atoms with Crippen LogP contribution in [0.3, 0.4) is 0 Å². The zero-order chi connectivity index (χ0) is 10.7. The van der Waals surface area contributed by atoms with E-state index in [0.29, 0.717) is 5.92 Å². The summed E-state index contributed by atoms with van der Waals surface area (Å²) in [6, 6.07) is 8.21. The van der Waals surface area contributed by atoms with E-state index >= 15 is 0 Å². The van der Waals surface area contributed by atoms with Crippen molar-refractivity contribution in [1.82, 2.24) is 5.43 Å². The van der Waals surface area contributed by atoms with Crippen molar-refractivity contribution in [3.63, 3.8) is 0 Å². The highest BCUT2D eigenvalue weighted by molar-refractivity contribution is 6.07. The van der Waals surface area contributed by atoms with Gasteiger partial charge in [-0.15, -0.1) is 0 Å². The number of nitrogens with zero attached hydrogens (tertiary/aromatic N) is 2. The molecule has 0 fully saturated rings. The Labute approximate surface area is 91.4 Å². The first-order valence-corrected chi connectivity index (χ1v) is 5.71. The molecule has 1 aliphatic rings. The lowest BCUT2D eigenvalue weighted by molar-refractivity contribution is 0.624. The number of fused-ring (bicyclic) bond motifs is 1. The second kappa shape index (κ2) is 4.47. The lowest BCUT2D eigenvalue weighted by atomic mass is 9.93. The fourth-order valence-electron chi connectivity index (χ4n) is 1.95. The molecule has 1 aromatic carbocycles. The molecule has 15 heavy (non-hydrogen) atoms. The van der Waals surface area contributed by atoms with Gasteiger partial charge in [0.1, 0.15) is 0 Å². The Morgan fingerprint density at radius 2 is 2.07 bits per heavy atom. The molecule has 0 spiro atoms. The Bertz CT molecular complexity index is 369. The monoisotopic (exact) mass is 201 g/mol. The third-order valence-corrected chi connectivity index (χ3v) is 2.90. The molecule has 2 heteroatoms. The van der Waals surface area contributed by atoms with Crippen LogP contribution >= 0.6 is 0 Å². The van der Waals surface area contributed by atoms with Crippen molar-refractivity contribution in [3.8, 4) is 0 Å². The van der Waals surface area contributed by atoms with E-state index in [2.05, 4.69) is 36.5 Å². The van der Waals surface area contributed by atoms with Gasteiger partial charge >= 0.3 is 0 Å². The third-order valence-electron chi connectivity index (χ3n) is 2.90. The molecule has 1 atom stereocenters. The quantitative estimate of drug-likeness (QED) is 0.713. The van der Waals surface area contributed by atoms with E-state index in [1.165, 1.54) is 30.5 Å². The minimum Gasteiger partial charge on any atom is -0.154 e. The fourth-order valence-corrected chi connectivity index (χ4v) is 1.95. The van der Waals surface area contributed by atoms with Gasteiger partial charge in [0, 0.05) is 11.5 Å². The maximum Gasteiger partial charge on any atom is 0.0948 e. The minimum atomic E-state index is 0.525. The number of rotatable bonds is 4. The van der Waals surface area contributed by atoms with Crippen molar-refractivity contribution in [2.75, 3.05) is 0 Å². The van der Waals surface area contributed by atoms with Crippen LogP contribution in [0.5, 0.6) is 0 Å². The molecule has 2 nitrogen and oxygen atoms in total. The number of hydrogen-bond donors (Lipinski definition) is 0. The fraction of sp³-hybridized carbons (Fsp3) is 0.462. The molecule has 0 aromatic heterocycles. The highest BCUT2D eigenvalue weighted by Crippen LogP contribution is 2.27. The normalized spacial score (nSPS) is 15.5. The molecule has 2 rings (SSSR count). The predicted molar refractivity (Wildman–Crippen MR) is 63.5 cm³/mol. The van der Waals surface area contributed by atoms with Crippen molar-refractivity contribution >= 4 is 11.4 Å². The topological polar surface area (TPSA) is 26.5 Å². The van der Waals surface area contributed by atoms with Crippen molar-refractivity contribution < 1.29 is 0 Å². The number of benzene rings is 1. The lowest BCUT2D eigenvalue weighted by Gasteiger charge is -2.10. The molecule has 0 aliphatic carbocycles. The van der Waals surface area contributed by atoms with E-state index in [1.54, 1.807) is 0 Å². The minimum absolute atomic E-state index is 0.525. The van der Waals surface area contributed by atoms with Gasteiger partial charge in [-0.25, -0.2) is 0 Å². The molecule has 0 N–H and O–H groups in total. The summed E-state index contributed by atoms with van der Waals surface area (Å²) in [6.07, 6.45) is 3.72. The van der Waals surface area contributed by atoms with Gasteiger partial charge in [0.05, 0.1) is 11.4 Å². The molecule has 1 radical (unpaired) electrons. The van der Waals surface area contributed by atoms with Gasteiger partial charge in [-0.2, -0.15) is 10.5 Å². The van der Waals surface area contributed by atoms with Crippen LogP contribution in [0.2, 0.25) is 0 Å². The summed E-state index contributed by atoms with van der Waals surface area (Å²) in [5.41, 5.74) is 7.61. The van der Waals surface area contributed by atoms with Gasteiger partial charge < -0.3 is 0 Å². The van der Waals surface area contributed by atoms with Crippen LogP contribution in [0.25, 0.3) is 0 Å². The van der Waals surface area contributed by atoms with E-state index in [-0.39, 0.29) is 0 Å². The molecule has 79 valence electrons. The van der Waals surface area contributed by atoms with Gasteiger partial charge in [0.25, 0.3) is 0 Å². The van der Waals surface area contributed by atoms with Crippen molar-refractivity contribution in [2.24, 2.45) is 11.0 Å². The Morgan fingerprint density at radius 1 is 1.27 bits per heavy atom. The van der Waals surface area contributed by atoms with Crippen LogP contribution in [0, 0.1) is 5.92 Å². The summed E-state index contributed by atoms with van der Waals surface area (Å²) in [4.78, 5) is 0. The maximum atomic E-state index is 4.30. The molecule has 1 unspecified atom stereocenters. The zero-order valence-electron chi connectivity index (χ0n) is 9.40. The molecule has 0 amide bonds. The number of unbranched alkanes of at least 4 members (excludes halogenated alkanes) is 1. The summed E-state index contributed by atoms with van der Waals surface area (Å²) in [5.74, 6) is 0.525. The molecule has 0 saturated heterocycles. The Kier molecular flexibility index (Phi) is 3.05. The average Bonchev–Trinajstić information content (AvgIpc) is 2.69. The molecule has 1 aliphatic heterocycles. The lowest BCUT2D eigenvalue weighted by Crippen LogP contribution is -2.10. The van der Waals surface area contributed by atoms with Crippen LogP contribution in [0.4, 0.5) is 5.69 Å². The van der Waals surface area contributed by atoms with Crippen molar-refractivity contribution in [2.45, 2.75) is 33.1 Å². The van der Waals surface area contributed by atoms with E-state index in [4.69, 9.17) is 0 Å². The van der Waals surface area contributed by atoms with Crippen molar-refractivity contribution in [1.29, 1.82) is 0 Å². The second-order valence-corrected chi connectivity index (χ2v) is 4.15. The predicted octanol–water partition coefficient (Wildman–Crippen LogP) is 3.47. The van der Waals surface area contributed by atoms with E-state index < -0.39 is 0 Å². The zero-order valence-corrected chi connectivity index (χ0v) is 9.40. The Morgan fingerprint density at radius 3 is 2.87 bits per heavy atom. The van der Waals surface area contributed by atoms with Crippen LogP contribution in [-0.4, -0.2) is 5.71 Å². The largest absolute Gasteiger partial charge is 0.154 e. The SMILES string of the molecule is CCCCC(C)C1=N[N]c2ccccc21. The number of hydrogen-bond acceptors (Lipinski definition) is 1. The summed E-state index contributed by atoms with van der Waals surface area (Å²) < 4.78 is 0. The second-order valence-electron chi connectivity index (χ2n) is 4.15. The van der Waals surface area contributed by atoms with Crippen LogP contribution < -0.4 is 5.43 Å². The molecular formula is C13H17N2. The van der Waals surface area contributed by atoms with Gasteiger partial charge in [-0.1, -0.05) is 44.9 Å². The van der Waals surface area contributed by atoms with E-state index in [1.807, 2.05) is 12.1 Å². The molecule has 1 aromatic rings. The van der Waals surface area contributed by atoms with Crippen LogP contribution in [-0.2, 0) is 0 Å². The standard InChI is InChI=1S/C13H17N2/c1-3-4-7-10(2)13-11-8-5-6-9-12(11)14-15-13/h5-6,8-10H,3-4,7H2,1-2H3.